The third-order valence-electron chi connectivity index (χ3n) is 4.47. The van der Waals surface area contributed by atoms with Gasteiger partial charge in [0.05, 0.1) is 0 Å². The minimum atomic E-state index is -0.0917. The Labute approximate surface area is 131 Å². The number of hydrogen-bond acceptors (Lipinski definition) is 3. The monoisotopic (exact) mass is 300 g/mol. The average molecular weight is 300 g/mol. The molecule has 3 rings (SSSR count). The molecule has 1 atom stereocenters. The molecular formula is C17H24N4O. The first-order valence-electron chi connectivity index (χ1n) is 8.11. The molecule has 1 aliphatic rings. The molecular weight excluding hydrogens is 276 g/mol. The zero-order chi connectivity index (χ0) is 15.5. The molecule has 22 heavy (non-hydrogen) atoms. The van der Waals surface area contributed by atoms with E-state index in [0.717, 1.165) is 24.3 Å². The number of piperidine rings is 1. The first-order valence-corrected chi connectivity index (χ1v) is 8.11. The van der Waals surface area contributed by atoms with Crippen LogP contribution in [0.4, 0.5) is 0 Å². The quantitative estimate of drug-likeness (QED) is 0.942. The Hall–Kier alpha value is -1.88. The second-order valence-electron chi connectivity index (χ2n) is 6.23. The SMILES string of the molecule is Cc1ccn2cc(C(=O)NCCN3CCCC[C@H]3C)nc2c1. The lowest BCUT2D eigenvalue weighted by atomic mass is 10.0. The van der Waals surface area contributed by atoms with Crippen LogP contribution in [0.1, 0.15) is 42.2 Å². The second kappa shape index (κ2) is 6.48. The number of pyridine rings is 1. The number of carbonyl (C=O) groups excluding carboxylic acids is 1. The van der Waals surface area contributed by atoms with Gasteiger partial charge in [-0.3, -0.25) is 9.69 Å². The summed E-state index contributed by atoms with van der Waals surface area (Å²) in [5.41, 5.74) is 2.44. The van der Waals surface area contributed by atoms with E-state index in [1.54, 1.807) is 6.20 Å². The Kier molecular flexibility index (Phi) is 4.43. The summed E-state index contributed by atoms with van der Waals surface area (Å²) in [6, 6.07) is 4.61. The smallest absolute Gasteiger partial charge is 0.271 e. The van der Waals surface area contributed by atoms with Gasteiger partial charge in [-0.15, -0.1) is 0 Å². The summed E-state index contributed by atoms with van der Waals surface area (Å²) in [7, 11) is 0. The highest BCUT2D eigenvalue weighted by molar-refractivity contribution is 5.92. The number of fused-ring (bicyclic) bond motifs is 1. The van der Waals surface area contributed by atoms with E-state index in [-0.39, 0.29) is 5.91 Å². The van der Waals surface area contributed by atoms with Crippen LogP contribution in [0.2, 0.25) is 0 Å². The fraction of sp³-hybridized carbons (Fsp3) is 0.529. The van der Waals surface area contributed by atoms with Crippen molar-refractivity contribution >= 4 is 11.6 Å². The summed E-state index contributed by atoms with van der Waals surface area (Å²) in [5, 5.41) is 2.99. The second-order valence-corrected chi connectivity index (χ2v) is 6.23. The number of aromatic nitrogens is 2. The van der Waals surface area contributed by atoms with E-state index >= 15 is 0 Å². The first-order chi connectivity index (χ1) is 10.6. The molecule has 0 saturated carbocycles. The van der Waals surface area contributed by atoms with Crippen LogP contribution in [-0.4, -0.2) is 45.9 Å². The summed E-state index contributed by atoms with van der Waals surface area (Å²) in [6.07, 6.45) is 7.58. The number of hydrogen-bond donors (Lipinski definition) is 1. The Morgan fingerprint density at radius 1 is 1.45 bits per heavy atom. The van der Waals surface area contributed by atoms with E-state index < -0.39 is 0 Å². The standard InChI is InChI=1S/C17H24N4O/c1-13-6-9-21-12-15(19-16(21)11-13)17(22)18-7-10-20-8-4-3-5-14(20)2/h6,9,11-12,14H,3-5,7-8,10H2,1-2H3,(H,18,22)/t14-/m1/s1. The number of carbonyl (C=O) groups is 1. The molecule has 2 aromatic rings. The highest BCUT2D eigenvalue weighted by Gasteiger charge is 2.18. The number of amides is 1. The van der Waals surface area contributed by atoms with Crippen molar-refractivity contribution < 1.29 is 4.79 Å². The Morgan fingerprint density at radius 3 is 3.14 bits per heavy atom. The van der Waals surface area contributed by atoms with Gasteiger partial charge in [-0.05, 0) is 50.9 Å². The molecule has 5 nitrogen and oxygen atoms in total. The van der Waals surface area contributed by atoms with Crippen molar-refractivity contribution in [2.24, 2.45) is 0 Å². The molecule has 3 heterocycles. The number of nitrogens with zero attached hydrogens (tertiary/aromatic N) is 3. The van der Waals surface area contributed by atoms with Crippen LogP contribution in [0.15, 0.2) is 24.5 Å². The summed E-state index contributed by atoms with van der Waals surface area (Å²) in [6.45, 7) is 7.03. The van der Waals surface area contributed by atoms with Crippen LogP contribution in [0, 0.1) is 6.92 Å². The van der Waals surface area contributed by atoms with Crippen molar-refractivity contribution in [2.75, 3.05) is 19.6 Å². The van der Waals surface area contributed by atoms with Crippen molar-refractivity contribution in [3.05, 3.63) is 35.8 Å². The zero-order valence-electron chi connectivity index (χ0n) is 13.4. The molecule has 0 spiro atoms. The number of likely N-dealkylation sites (tertiary alicyclic amines) is 1. The van der Waals surface area contributed by atoms with Crippen molar-refractivity contribution in [1.29, 1.82) is 0 Å². The lowest BCUT2D eigenvalue weighted by molar-refractivity contribution is 0.0934. The molecule has 1 saturated heterocycles. The van der Waals surface area contributed by atoms with Gasteiger partial charge in [0.15, 0.2) is 0 Å². The predicted molar refractivity (Wildman–Crippen MR) is 87.1 cm³/mol. The van der Waals surface area contributed by atoms with Crippen LogP contribution in [0.3, 0.4) is 0 Å². The molecule has 0 bridgehead atoms. The van der Waals surface area contributed by atoms with Crippen molar-refractivity contribution in [3.63, 3.8) is 0 Å². The predicted octanol–water partition coefficient (Wildman–Crippen LogP) is 2.25. The van der Waals surface area contributed by atoms with Crippen LogP contribution in [-0.2, 0) is 0 Å². The molecule has 1 amide bonds. The van der Waals surface area contributed by atoms with Gasteiger partial charge in [-0.25, -0.2) is 4.98 Å². The molecule has 118 valence electrons. The minimum absolute atomic E-state index is 0.0917. The number of imidazole rings is 1. The molecule has 0 aromatic carbocycles. The van der Waals surface area contributed by atoms with Crippen molar-refractivity contribution in [1.82, 2.24) is 19.6 Å². The Balaban J connectivity index is 1.56. The van der Waals surface area contributed by atoms with E-state index in [1.807, 2.05) is 29.7 Å². The minimum Gasteiger partial charge on any atom is -0.349 e. The molecule has 0 unspecified atom stereocenters. The number of rotatable bonds is 4. The molecule has 1 aliphatic heterocycles. The highest BCUT2D eigenvalue weighted by Crippen LogP contribution is 2.15. The molecule has 0 aliphatic carbocycles. The first kappa shape index (κ1) is 15.0. The summed E-state index contributed by atoms with van der Waals surface area (Å²) in [4.78, 5) is 19.1. The largest absolute Gasteiger partial charge is 0.349 e. The lowest BCUT2D eigenvalue weighted by Crippen LogP contribution is -2.42. The maximum atomic E-state index is 12.2. The number of aryl methyl sites for hydroxylation is 1. The fourth-order valence-corrected chi connectivity index (χ4v) is 3.09. The van der Waals surface area contributed by atoms with Gasteiger partial charge in [0.25, 0.3) is 5.91 Å². The summed E-state index contributed by atoms with van der Waals surface area (Å²) >= 11 is 0. The fourth-order valence-electron chi connectivity index (χ4n) is 3.09. The van der Waals surface area contributed by atoms with Gasteiger partial charge in [0, 0.05) is 31.5 Å². The van der Waals surface area contributed by atoms with E-state index in [1.165, 1.54) is 19.3 Å². The van der Waals surface area contributed by atoms with E-state index in [0.29, 0.717) is 18.3 Å². The van der Waals surface area contributed by atoms with Gasteiger partial charge in [-0.1, -0.05) is 6.42 Å². The third-order valence-corrected chi connectivity index (χ3v) is 4.47. The van der Waals surface area contributed by atoms with Gasteiger partial charge in [0.1, 0.15) is 11.3 Å². The van der Waals surface area contributed by atoms with Crippen molar-refractivity contribution in [2.45, 2.75) is 39.2 Å². The maximum Gasteiger partial charge on any atom is 0.271 e. The highest BCUT2D eigenvalue weighted by atomic mass is 16.1. The van der Waals surface area contributed by atoms with Crippen LogP contribution in [0.5, 0.6) is 0 Å². The summed E-state index contributed by atoms with van der Waals surface area (Å²) in [5.74, 6) is -0.0917. The van der Waals surface area contributed by atoms with E-state index in [2.05, 4.69) is 22.1 Å². The molecule has 0 radical (unpaired) electrons. The van der Waals surface area contributed by atoms with Gasteiger partial charge in [0.2, 0.25) is 0 Å². The van der Waals surface area contributed by atoms with Crippen LogP contribution < -0.4 is 5.32 Å². The van der Waals surface area contributed by atoms with E-state index in [4.69, 9.17) is 0 Å². The summed E-state index contributed by atoms with van der Waals surface area (Å²) < 4.78 is 1.88. The van der Waals surface area contributed by atoms with Crippen LogP contribution in [0.25, 0.3) is 5.65 Å². The lowest BCUT2D eigenvalue weighted by Gasteiger charge is -2.33. The molecule has 5 heteroatoms. The Bertz CT molecular complexity index is 664. The average Bonchev–Trinajstić information content (AvgIpc) is 2.92. The van der Waals surface area contributed by atoms with Gasteiger partial charge in [-0.2, -0.15) is 0 Å². The Morgan fingerprint density at radius 2 is 2.32 bits per heavy atom. The number of nitrogens with one attached hydrogen (secondary N) is 1. The van der Waals surface area contributed by atoms with Crippen LogP contribution >= 0.6 is 0 Å². The molecule has 1 fully saturated rings. The van der Waals surface area contributed by atoms with Crippen molar-refractivity contribution in [3.8, 4) is 0 Å². The zero-order valence-corrected chi connectivity index (χ0v) is 13.4. The topological polar surface area (TPSA) is 49.6 Å². The molecule has 1 N–H and O–H groups in total. The maximum absolute atomic E-state index is 12.2. The molecule has 2 aromatic heterocycles. The van der Waals surface area contributed by atoms with Gasteiger partial charge >= 0.3 is 0 Å². The van der Waals surface area contributed by atoms with Gasteiger partial charge < -0.3 is 9.72 Å². The third kappa shape index (κ3) is 3.30. The normalized spacial score (nSPS) is 19.5. The van der Waals surface area contributed by atoms with E-state index in [9.17, 15) is 4.79 Å².